The lowest BCUT2D eigenvalue weighted by Gasteiger charge is -2.19. The Labute approximate surface area is 175 Å². The van der Waals surface area contributed by atoms with Crippen LogP contribution in [0.15, 0.2) is 48.1 Å². The molecule has 4 heterocycles. The molecule has 0 aromatic carbocycles. The highest BCUT2D eigenvalue weighted by atomic mass is 32.1. The Morgan fingerprint density at radius 3 is 3.07 bits per heavy atom. The molecule has 2 atom stereocenters. The Hall–Kier alpha value is -2.66. The third kappa shape index (κ3) is 3.55. The fourth-order valence-corrected chi connectivity index (χ4v) is 5.64. The van der Waals surface area contributed by atoms with Gasteiger partial charge in [-0.25, -0.2) is 4.98 Å². The van der Waals surface area contributed by atoms with E-state index in [2.05, 4.69) is 47.4 Å². The van der Waals surface area contributed by atoms with Crippen LogP contribution in [-0.2, 0) is 11.2 Å². The third-order valence-electron chi connectivity index (χ3n) is 6.25. The van der Waals surface area contributed by atoms with Gasteiger partial charge in [-0.05, 0) is 83.9 Å². The van der Waals surface area contributed by atoms with Crippen LogP contribution in [0.1, 0.15) is 34.4 Å². The number of pyridine rings is 1. The maximum Gasteiger partial charge on any atom is 0.246 e. The first kappa shape index (κ1) is 18.4. The highest BCUT2D eigenvalue weighted by Gasteiger charge is 2.38. The first-order valence-corrected chi connectivity index (χ1v) is 11.1. The molecule has 2 aromatic rings. The summed E-state index contributed by atoms with van der Waals surface area (Å²) in [5.74, 6) is 2.05. The number of allylic oxidation sites excluding steroid dienone is 2. The number of carbonyl (C=O) groups is 1. The van der Waals surface area contributed by atoms with E-state index in [1.165, 1.54) is 21.6 Å². The van der Waals surface area contributed by atoms with E-state index in [0.717, 1.165) is 49.4 Å². The molecular formula is C24H25N3OS. The maximum atomic E-state index is 12.7. The van der Waals surface area contributed by atoms with Gasteiger partial charge in [0.15, 0.2) is 0 Å². The predicted octanol–water partition coefficient (Wildman–Crippen LogP) is 4.90. The Morgan fingerprint density at radius 1 is 1.38 bits per heavy atom. The van der Waals surface area contributed by atoms with E-state index < -0.39 is 0 Å². The molecule has 0 radical (unpaired) electrons. The van der Waals surface area contributed by atoms with E-state index in [-0.39, 0.29) is 5.91 Å². The fraction of sp³-hybridized carbons (Fsp3) is 0.333. The molecule has 1 amide bonds. The predicted molar refractivity (Wildman–Crippen MR) is 120 cm³/mol. The van der Waals surface area contributed by atoms with Gasteiger partial charge in [-0.3, -0.25) is 4.79 Å². The van der Waals surface area contributed by atoms with Gasteiger partial charge in [0.1, 0.15) is 5.82 Å². The van der Waals surface area contributed by atoms with E-state index in [4.69, 9.17) is 0 Å². The zero-order valence-corrected chi connectivity index (χ0v) is 17.5. The second-order valence-electron chi connectivity index (χ2n) is 8.33. The van der Waals surface area contributed by atoms with E-state index in [9.17, 15) is 4.79 Å². The van der Waals surface area contributed by atoms with Gasteiger partial charge in [0.2, 0.25) is 5.91 Å². The topological polar surface area (TPSA) is 45.2 Å². The molecule has 5 rings (SSSR count). The van der Waals surface area contributed by atoms with Crippen molar-refractivity contribution in [2.75, 3.05) is 18.4 Å². The van der Waals surface area contributed by atoms with Crippen molar-refractivity contribution in [3.05, 3.63) is 69.7 Å². The fourth-order valence-electron chi connectivity index (χ4n) is 4.67. The molecule has 1 N–H and O–H groups in total. The number of thiophene rings is 1. The average molecular weight is 404 g/mol. The minimum Gasteiger partial charge on any atom is -0.344 e. The Bertz CT molecular complexity index is 1050. The van der Waals surface area contributed by atoms with Crippen molar-refractivity contribution in [2.45, 2.75) is 26.2 Å². The van der Waals surface area contributed by atoms with Crippen LogP contribution >= 0.6 is 11.3 Å². The summed E-state index contributed by atoms with van der Waals surface area (Å²) in [7, 11) is 0. The Morgan fingerprint density at radius 2 is 2.28 bits per heavy atom. The van der Waals surface area contributed by atoms with Gasteiger partial charge in [-0.15, -0.1) is 11.3 Å². The highest BCUT2D eigenvalue weighted by molar-refractivity contribution is 7.11. The lowest BCUT2D eigenvalue weighted by Crippen LogP contribution is -2.27. The number of hydrogen-bond donors (Lipinski definition) is 1. The van der Waals surface area contributed by atoms with Crippen molar-refractivity contribution in [3.63, 3.8) is 0 Å². The third-order valence-corrected chi connectivity index (χ3v) is 7.34. The van der Waals surface area contributed by atoms with Crippen molar-refractivity contribution < 1.29 is 4.79 Å². The molecule has 2 aliphatic heterocycles. The molecule has 1 aliphatic carbocycles. The molecule has 148 valence electrons. The first-order valence-electron chi connectivity index (χ1n) is 10.2. The summed E-state index contributed by atoms with van der Waals surface area (Å²) in [4.78, 5) is 20.6. The number of rotatable bonds is 3. The number of amides is 1. The molecule has 0 spiro atoms. The van der Waals surface area contributed by atoms with Crippen LogP contribution in [0.25, 0.3) is 11.6 Å². The van der Waals surface area contributed by atoms with Gasteiger partial charge in [0.25, 0.3) is 0 Å². The molecule has 0 bridgehead atoms. The van der Waals surface area contributed by atoms with E-state index in [1.54, 1.807) is 6.08 Å². The number of nitrogens with zero attached hydrogens (tertiary/aromatic N) is 2. The van der Waals surface area contributed by atoms with Gasteiger partial charge >= 0.3 is 0 Å². The van der Waals surface area contributed by atoms with Crippen LogP contribution in [0.3, 0.4) is 0 Å². The van der Waals surface area contributed by atoms with Crippen molar-refractivity contribution in [3.8, 4) is 0 Å². The van der Waals surface area contributed by atoms with Crippen LogP contribution < -0.4 is 5.32 Å². The summed E-state index contributed by atoms with van der Waals surface area (Å²) >= 11 is 1.83. The molecule has 3 aliphatic rings. The van der Waals surface area contributed by atoms with Gasteiger partial charge in [-0.1, -0.05) is 12.7 Å². The van der Waals surface area contributed by atoms with Crippen molar-refractivity contribution in [1.29, 1.82) is 0 Å². The molecule has 4 nitrogen and oxygen atoms in total. The van der Waals surface area contributed by atoms with Gasteiger partial charge < -0.3 is 10.2 Å². The quantitative estimate of drug-likeness (QED) is 0.742. The normalized spacial score (nSPS) is 23.1. The summed E-state index contributed by atoms with van der Waals surface area (Å²) < 4.78 is 0. The number of anilines is 1. The minimum absolute atomic E-state index is 0.103. The number of fused-ring (bicyclic) bond motifs is 2. The molecule has 2 unspecified atom stereocenters. The number of hydrogen-bond acceptors (Lipinski definition) is 4. The molecule has 5 heteroatoms. The molecule has 2 aromatic heterocycles. The van der Waals surface area contributed by atoms with E-state index >= 15 is 0 Å². The summed E-state index contributed by atoms with van der Waals surface area (Å²) in [6.07, 6.45) is 10.8. The summed E-state index contributed by atoms with van der Waals surface area (Å²) in [6, 6.07) is 4.31. The van der Waals surface area contributed by atoms with Crippen LogP contribution in [0.2, 0.25) is 0 Å². The minimum atomic E-state index is 0.103. The lowest BCUT2D eigenvalue weighted by molar-refractivity contribution is -0.125. The van der Waals surface area contributed by atoms with Crippen LogP contribution in [0.5, 0.6) is 0 Å². The number of aromatic nitrogens is 1. The Kier molecular flexibility index (Phi) is 4.63. The van der Waals surface area contributed by atoms with Gasteiger partial charge in [0, 0.05) is 35.9 Å². The molecule has 0 saturated carbocycles. The zero-order valence-electron chi connectivity index (χ0n) is 16.6. The van der Waals surface area contributed by atoms with Crippen molar-refractivity contribution >= 4 is 34.7 Å². The first-order chi connectivity index (χ1) is 14.1. The van der Waals surface area contributed by atoms with Crippen molar-refractivity contribution in [1.82, 2.24) is 9.88 Å². The maximum absolute atomic E-state index is 12.7. The summed E-state index contributed by atoms with van der Waals surface area (Å²) in [6.45, 7) is 7.83. The molecule has 29 heavy (non-hydrogen) atoms. The van der Waals surface area contributed by atoms with Crippen LogP contribution in [0.4, 0.5) is 5.82 Å². The molecule has 1 saturated heterocycles. The smallest absolute Gasteiger partial charge is 0.246 e. The van der Waals surface area contributed by atoms with Crippen LogP contribution in [0, 0.1) is 18.8 Å². The standard InChI is InChI=1S/C24H25N3OS/c1-15-7-8-29-23(15)19-10-20-13-27(14-21(20)11-19)22(28)6-4-17-9-18-5-3-16(2)26-24(18)25-12-17/h4,6-10,12,20-21H,2-3,5,11,13-14H2,1H3,(H,25,26)/b6-4+. The number of carbonyl (C=O) groups excluding carboxylic acids is 1. The van der Waals surface area contributed by atoms with E-state index in [0.29, 0.717) is 11.8 Å². The summed E-state index contributed by atoms with van der Waals surface area (Å²) in [5.41, 5.74) is 6.02. The van der Waals surface area contributed by atoms with Gasteiger partial charge in [-0.2, -0.15) is 0 Å². The second-order valence-corrected chi connectivity index (χ2v) is 9.25. The monoisotopic (exact) mass is 403 g/mol. The Balaban J connectivity index is 1.23. The van der Waals surface area contributed by atoms with Crippen LogP contribution in [-0.4, -0.2) is 28.9 Å². The molecular weight excluding hydrogens is 378 g/mol. The molecule has 1 fully saturated rings. The SMILES string of the molecule is C=C1CCc2cc(/C=C/C(=O)N3CC4C=C(c5sccc5C)CC4C3)cnc2N1. The largest absolute Gasteiger partial charge is 0.344 e. The average Bonchev–Trinajstić information content (AvgIpc) is 3.40. The zero-order chi connectivity index (χ0) is 20.0. The second kappa shape index (κ2) is 7.30. The highest BCUT2D eigenvalue weighted by Crippen LogP contribution is 2.43. The lowest BCUT2D eigenvalue weighted by atomic mass is 9.99. The van der Waals surface area contributed by atoms with Gasteiger partial charge in [0.05, 0.1) is 0 Å². The summed E-state index contributed by atoms with van der Waals surface area (Å²) in [5, 5.41) is 5.40. The van der Waals surface area contributed by atoms with Crippen molar-refractivity contribution in [2.24, 2.45) is 11.8 Å². The number of likely N-dealkylation sites (tertiary alicyclic amines) is 1. The number of aryl methyl sites for hydroxylation is 2. The van der Waals surface area contributed by atoms with E-state index in [1.807, 2.05) is 28.5 Å². The number of nitrogens with one attached hydrogen (secondary N) is 1.